The van der Waals surface area contributed by atoms with Gasteiger partial charge in [-0.2, -0.15) is 0 Å². The summed E-state index contributed by atoms with van der Waals surface area (Å²) < 4.78 is 6.19. The van der Waals surface area contributed by atoms with Crippen molar-refractivity contribution in [3.63, 3.8) is 0 Å². The van der Waals surface area contributed by atoms with Gasteiger partial charge in [-0.15, -0.1) is 0 Å². The molecule has 0 fully saturated rings. The van der Waals surface area contributed by atoms with E-state index in [1.807, 2.05) is 19.1 Å². The largest absolute Gasteiger partial charge is 0.478 e. The van der Waals surface area contributed by atoms with Crippen molar-refractivity contribution in [1.82, 2.24) is 0 Å². The predicted octanol–water partition coefficient (Wildman–Crippen LogP) is 4.51. The number of rotatable bonds is 5. The molecule has 0 bridgehead atoms. The van der Waals surface area contributed by atoms with Gasteiger partial charge in [0.2, 0.25) is 0 Å². The average molecular weight is 294 g/mol. The molecule has 1 N–H and O–H groups in total. The third-order valence-electron chi connectivity index (χ3n) is 4.22. The van der Waals surface area contributed by atoms with Crippen LogP contribution in [0.15, 0.2) is 24.3 Å². The quantitative estimate of drug-likeness (QED) is 0.813. The summed E-state index contributed by atoms with van der Waals surface area (Å²) >= 11 is 0. The van der Waals surface area contributed by atoms with Gasteiger partial charge in [-0.3, -0.25) is 0 Å². The van der Waals surface area contributed by atoms with E-state index in [1.165, 1.54) is 0 Å². The summed E-state index contributed by atoms with van der Waals surface area (Å²) in [5, 5.41) is 9.41. The van der Waals surface area contributed by atoms with Crippen LogP contribution in [0, 0.1) is 0 Å². The summed E-state index contributed by atoms with van der Waals surface area (Å²) in [7, 11) is -1.79. The van der Waals surface area contributed by atoms with Crippen molar-refractivity contribution in [2.45, 2.75) is 51.7 Å². The number of hydrogen-bond acceptors (Lipinski definition) is 2. The first-order chi connectivity index (χ1) is 9.06. The number of hydrogen-bond donors (Lipinski definition) is 1. The smallest absolute Gasteiger partial charge is 0.335 e. The molecule has 0 saturated carbocycles. The minimum atomic E-state index is -1.79. The molecule has 1 aromatic rings. The minimum absolute atomic E-state index is 0.0800. The first-order valence-electron chi connectivity index (χ1n) is 7.02. The van der Waals surface area contributed by atoms with Crippen LogP contribution in [0.25, 0.3) is 0 Å². The summed E-state index contributed by atoms with van der Waals surface area (Å²) in [6.45, 7) is 13.6. The summed E-state index contributed by atoms with van der Waals surface area (Å²) in [6, 6.07) is 7.17. The highest BCUT2D eigenvalue weighted by molar-refractivity contribution is 6.74. The fraction of sp³-hybridized carbons (Fsp3) is 0.562. The zero-order chi connectivity index (χ0) is 15.6. The molecule has 0 aliphatic rings. The zero-order valence-electron chi connectivity index (χ0n) is 13.4. The highest BCUT2D eigenvalue weighted by Gasteiger charge is 2.37. The standard InChI is InChI=1S/C16H26O3Si/c1-12(11-19-20(5,6)16(2,3)4)13-9-7-8-10-14(13)15(17)18/h7-10,12H,11H2,1-6H3,(H,17,18)/t12-/m0/s1. The maximum Gasteiger partial charge on any atom is 0.335 e. The first-order valence-corrected chi connectivity index (χ1v) is 9.93. The predicted molar refractivity (Wildman–Crippen MR) is 85.0 cm³/mol. The van der Waals surface area contributed by atoms with Crippen LogP contribution in [0.3, 0.4) is 0 Å². The number of benzene rings is 1. The van der Waals surface area contributed by atoms with Gasteiger partial charge in [-0.1, -0.05) is 45.9 Å². The lowest BCUT2D eigenvalue weighted by Crippen LogP contribution is -2.41. The van der Waals surface area contributed by atoms with Crippen molar-refractivity contribution in [2.24, 2.45) is 0 Å². The average Bonchev–Trinajstić information content (AvgIpc) is 2.34. The number of carboxylic acid groups (broad SMARTS) is 1. The van der Waals surface area contributed by atoms with Gasteiger partial charge in [0.05, 0.1) is 5.56 Å². The van der Waals surface area contributed by atoms with Crippen LogP contribution in [-0.2, 0) is 4.43 Å². The van der Waals surface area contributed by atoms with Gasteiger partial charge in [-0.05, 0) is 29.8 Å². The van der Waals surface area contributed by atoms with Gasteiger partial charge in [0.15, 0.2) is 8.32 Å². The van der Waals surface area contributed by atoms with Crippen LogP contribution in [0.1, 0.15) is 49.5 Å². The molecular formula is C16H26O3Si. The van der Waals surface area contributed by atoms with Crippen LogP contribution in [-0.4, -0.2) is 26.0 Å². The number of carboxylic acids is 1. The molecule has 0 spiro atoms. The topological polar surface area (TPSA) is 46.5 Å². The molecule has 0 saturated heterocycles. The Labute approximate surface area is 123 Å². The van der Waals surface area contributed by atoms with Crippen molar-refractivity contribution in [2.75, 3.05) is 6.61 Å². The maximum atomic E-state index is 11.3. The van der Waals surface area contributed by atoms with Crippen LogP contribution >= 0.6 is 0 Å². The van der Waals surface area contributed by atoms with E-state index in [0.717, 1.165) is 5.56 Å². The van der Waals surface area contributed by atoms with Gasteiger partial charge < -0.3 is 9.53 Å². The molecule has 3 nitrogen and oxygen atoms in total. The van der Waals surface area contributed by atoms with E-state index in [0.29, 0.717) is 12.2 Å². The minimum Gasteiger partial charge on any atom is -0.478 e. The van der Waals surface area contributed by atoms with E-state index in [2.05, 4.69) is 33.9 Å². The highest BCUT2D eigenvalue weighted by atomic mass is 28.4. The van der Waals surface area contributed by atoms with E-state index < -0.39 is 14.3 Å². The lowest BCUT2D eigenvalue weighted by atomic mass is 9.96. The Morgan fingerprint density at radius 3 is 2.35 bits per heavy atom. The molecule has 0 unspecified atom stereocenters. The summed E-state index contributed by atoms with van der Waals surface area (Å²) in [5.74, 6) is -0.795. The fourth-order valence-electron chi connectivity index (χ4n) is 1.76. The molecule has 0 amide bonds. The molecule has 0 aliphatic heterocycles. The Morgan fingerprint density at radius 1 is 1.30 bits per heavy atom. The van der Waals surface area contributed by atoms with Crippen molar-refractivity contribution in [3.8, 4) is 0 Å². The SMILES string of the molecule is C[C@@H](CO[Si](C)(C)C(C)(C)C)c1ccccc1C(=O)O. The van der Waals surface area contributed by atoms with Gasteiger partial charge in [0.25, 0.3) is 0 Å². The van der Waals surface area contributed by atoms with Crippen LogP contribution < -0.4 is 0 Å². The van der Waals surface area contributed by atoms with Crippen LogP contribution in [0.2, 0.25) is 18.1 Å². The Kier molecular flexibility index (Phi) is 5.16. The van der Waals surface area contributed by atoms with Gasteiger partial charge >= 0.3 is 5.97 Å². The molecule has 1 aromatic carbocycles. The third kappa shape index (κ3) is 3.93. The van der Waals surface area contributed by atoms with Crippen molar-refractivity contribution in [1.29, 1.82) is 0 Å². The number of carbonyl (C=O) groups is 1. The van der Waals surface area contributed by atoms with E-state index >= 15 is 0 Å². The van der Waals surface area contributed by atoms with E-state index in [4.69, 9.17) is 4.43 Å². The second-order valence-electron chi connectivity index (χ2n) is 6.86. The Morgan fingerprint density at radius 2 is 1.85 bits per heavy atom. The lowest BCUT2D eigenvalue weighted by molar-refractivity contribution is 0.0695. The van der Waals surface area contributed by atoms with Crippen molar-refractivity contribution in [3.05, 3.63) is 35.4 Å². The zero-order valence-corrected chi connectivity index (χ0v) is 14.4. The van der Waals surface area contributed by atoms with E-state index in [-0.39, 0.29) is 11.0 Å². The van der Waals surface area contributed by atoms with Gasteiger partial charge in [0, 0.05) is 12.5 Å². The van der Waals surface area contributed by atoms with Crippen LogP contribution in [0.5, 0.6) is 0 Å². The Balaban J connectivity index is 2.83. The highest BCUT2D eigenvalue weighted by Crippen LogP contribution is 2.37. The molecule has 20 heavy (non-hydrogen) atoms. The van der Waals surface area contributed by atoms with Crippen LogP contribution in [0.4, 0.5) is 0 Å². The Bertz CT molecular complexity index is 475. The van der Waals surface area contributed by atoms with Gasteiger partial charge in [0.1, 0.15) is 0 Å². The molecule has 1 atom stereocenters. The molecule has 0 aliphatic carbocycles. The molecule has 112 valence electrons. The fourth-order valence-corrected chi connectivity index (χ4v) is 2.86. The summed E-state index contributed by atoms with van der Waals surface area (Å²) in [6.07, 6.45) is 0. The van der Waals surface area contributed by atoms with E-state index in [9.17, 15) is 9.90 Å². The molecule has 0 heterocycles. The van der Waals surface area contributed by atoms with Crippen molar-refractivity contribution < 1.29 is 14.3 Å². The molecular weight excluding hydrogens is 268 g/mol. The summed E-state index contributed by atoms with van der Waals surface area (Å²) in [5.41, 5.74) is 1.22. The maximum absolute atomic E-state index is 11.3. The third-order valence-corrected chi connectivity index (χ3v) is 8.72. The van der Waals surface area contributed by atoms with E-state index in [1.54, 1.807) is 12.1 Å². The lowest BCUT2D eigenvalue weighted by Gasteiger charge is -2.37. The molecule has 4 heteroatoms. The first kappa shape index (κ1) is 16.9. The normalized spacial score (nSPS) is 14.1. The summed E-state index contributed by atoms with van der Waals surface area (Å²) in [4.78, 5) is 11.3. The molecule has 0 radical (unpaired) electrons. The monoisotopic (exact) mass is 294 g/mol. The molecule has 1 rings (SSSR count). The second-order valence-corrected chi connectivity index (χ2v) is 11.7. The Hall–Kier alpha value is -1.13. The second kappa shape index (κ2) is 6.10. The van der Waals surface area contributed by atoms with Crippen molar-refractivity contribution >= 4 is 14.3 Å². The number of aromatic carboxylic acids is 1. The molecule has 0 aromatic heterocycles. The van der Waals surface area contributed by atoms with Gasteiger partial charge in [-0.25, -0.2) is 4.79 Å².